The van der Waals surface area contributed by atoms with Gasteiger partial charge in [0, 0.05) is 27.7 Å². The summed E-state index contributed by atoms with van der Waals surface area (Å²) in [6.07, 6.45) is 0.201. The molecule has 0 aliphatic carbocycles. The fourth-order valence-electron chi connectivity index (χ4n) is 4.22. The van der Waals surface area contributed by atoms with Crippen LogP contribution in [0.25, 0.3) is 0 Å². The first-order chi connectivity index (χ1) is 17.2. The zero-order valence-electron chi connectivity index (χ0n) is 19.9. The van der Waals surface area contributed by atoms with Crippen LogP contribution < -0.4 is 4.74 Å². The SMILES string of the molecule is CC(C)OC(=O)C1CCCN1C(=O)c1ccc(OC(c2ccc(Cl)cc2)c2ccccc2Cl)c(F)c1. The minimum Gasteiger partial charge on any atom is -0.478 e. The molecule has 2 atom stereocenters. The van der Waals surface area contributed by atoms with Gasteiger partial charge in [-0.2, -0.15) is 0 Å². The molecule has 3 aromatic carbocycles. The van der Waals surface area contributed by atoms with Crippen LogP contribution in [0.2, 0.25) is 10.0 Å². The Morgan fingerprint density at radius 1 is 1.03 bits per heavy atom. The number of amides is 1. The van der Waals surface area contributed by atoms with Crippen molar-refractivity contribution in [3.05, 3.63) is 99.3 Å². The zero-order chi connectivity index (χ0) is 25.8. The molecule has 5 nitrogen and oxygen atoms in total. The molecule has 1 aliphatic rings. The van der Waals surface area contributed by atoms with E-state index in [1.165, 1.54) is 17.0 Å². The number of carbonyl (C=O) groups excluding carboxylic acids is 2. The van der Waals surface area contributed by atoms with Gasteiger partial charge in [0.1, 0.15) is 6.04 Å². The van der Waals surface area contributed by atoms with Crippen molar-refractivity contribution in [1.82, 2.24) is 4.90 Å². The molecule has 1 amide bonds. The van der Waals surface area contributed by atoms with Crippen LogP contribution in [0.3, 0.4) is 0 Å². The van der Waals surface area contributed by atoms with E-state index >= 15 is 4.39 Å². The number of likely N-dealkylation sites (tertiary alicyclic amines) is 1. The van der Waals surface area contributed by atoms with Crippen LogP contribution in [-0.2, 0) is 9.53 Å². The lowest BCUT2D eigenvalue weighted by Crippen LogP contribution is -2.42. The van der Waals surface area contributed by atoms with Crippen LogP contribution in [0.5, 0.6) is 5.75 Å². The van der Waals surface area contributed by atoms with Gasteiger partial charge in [0.15, 0.2) is 17.7 Å². The van der Waals surface area contributed by atoms with Crippen molar-refractivity contribution in [1.29, 1.82) is 0 Å². The number of carbonyl (C=O) groups is 2. The van der Waals surface area contributed by atoms with Gasteiger partial charge in [-0.25, -0.2) is 9.18 Å². The quantitative estimate of drug-likeness (QED) is 0.314. The van der Waals surface area contributed by atoms with E-state index in [0.29, 0.717) is 35.0 Å². The summed E-state index contributed by atoms with van der Waals surface area (Å²) in [5.41, 5.74) is 1.52. The second-order valence-electron chi connectivity index (χ2n) is 8.86. The van der Waals surface area contributed by atoms with Gasteiger partial charge in [0.25, 0.3) is 5.91 Å². The van der Waals surface area contributed by atoms with E-state index in [2.05, 4.69) is 0 Å². The second-order valence-corrected chi connectivity index (χ2v) is 9.70. The van der Waals surface area contributed by atoms with Gasteiger partial charge < -0.3 is 14.4 Å². The van der Waals surface area contributed by atoms with Crippen LogP contribution in [0.4, 0.5) is 4.39 Å². The maximum atomic E-state index is 15.2. The Kier molecular flexibility index (Phi) is 8.17. The van der Waals surface area contributed by atoms with Gasteiger partial charge in [0.05, 0.1) is 6.10 Å². The Morgan fingerprint density at radius 3 is 2.42 bits per heavy atom. The summed E-state index contributed by atoms with van der Waals surface area (Å²) in [7, 11) is 0. The number of hydrogen-bond acceptors (Lipinski definition) is 4. The van der Waals surface area contributed by atoms with E-state index in [4.69, 9.17) is 32.7 Å². The van der Waals surface area contributed by atoms with Crippen molar-refractivity contribution in [3.8, 4) is 5.75 Å². The third kappa shape index (κ3) is 5.82. The largest absolute Gasteiger partial charge is 0.478 e. The van der Waals surface area contributed by atoms with Gasteiger partial charge in [-0.05, 0) is 68.7 Å². The summed E-state index contributed by atoms with van der Waals surface area (Å²) >= 11 is 12.5. The molecule has 1 heterocycles. The molecule has 1 aliphatic heterocycles. The highest BCUT2D eigenvalue weighted by molar-refractivity contribution is 6.31. The fourth-order valence-corrected chi connectivity index (χ4v) is 4.59. The van der Waals surface area contributed by atoms with Crippen LogP contribution >= 0.6 is 23.2 Å². The Morgan fingerprint density at radius 2 is 1.75 bits per heavy atom. The van der Waals surface area contributed by atoms with Crippen molar-refractivity contribution < 1.29 is 23.5 Å². The molecule has 0 radical (unpaired) electrons. The summed E-state index contributed by atoms with van der Waals surface area (Å²) in [5, 5.41) is 1.03. The highest BCUT2D eigenvalue weighted by Gasteiger charge is 2.36. The van der Waals surface area contributed by atoms with E-state index in [1.807, 2.05) is 6.07 Å². The van der Waals surface area contributed by atoms with Gasteiger partial charge in [0.2, 0.25) is 0 Å². The number of hydrogen-bond donors (Lipinski definition) is 0. The summed E-state index contributed by atoms with van der Waals surface area (Å²) in [6.45, 7) is 3.92. The molecule has 3 aromatic rings. The molecule has 188 valence electrons. The average Bonchev–Trinajstić information content (AvgIpc) is 3.34. The molecule has 4 rings (SSSR count). The maximum Gasteiger partial charge on any atom is 0.329 e. The molecular weight excluding hydrogens is 504 g/mol. The molecule has 0 aromatic heterocycles. The number of halogens is 3. The molecule has 0 saturated carbocycles. The monoisotopic (exact) mass is 529 g/mol. The first-order valence-electron chi connectivity index (χ1n) is 11.7. The standard InChI is InChI=1S/C28H26Cl2FNO4/c1-17(2)35-28(34)24-8-5-15-32(24)27(33)19-11-14-25(23(31)16-19)36-26(18-9-12-20(29)13-10-18)21-6-3-4-7-22(21)30/h3-4,6-7,9-14,16-17,24,26H,5,8,15H2,1-2H3. The van der Waals surface area contributed by atoms with Crippen LogP contribution in [0.1, 0.15) is 54.3 Å². The van der Waals surface area contributed by atoms with Gasteiger partial charge in [-0.15, -0.1) is 0 Å². The average molecular weight is 530 g/mol. The van der Waals surface area contributed by atoms with Crippen LogP contribution in [-0.4, -0.2) is 35.5 Å². The van der Waals surface area contributed by atoms with Crippen LogP contribution in [0, 0.1) is 5.82 Å². The van der Waals surface area contributed by atoms with E-state index in [-0.39, 0.29) is 17.4 Å². The Hall–Kier alpha value is -3.09. The third-order valence-corrected chi connectivity index (χ3v) is 6.52. The van der Waals surface area contributed by atoms with Crippen molar-refractivity contribution >= 4 is 35.1 Å². The highest BCUT2D eigenvalue weighted by atomic mass is 35.5. The fraction of sp³-hybridized carbons (Fsp3) is 0.286. The van der Waals surface area contributed by atoms with Crippen molar-refractivity contribution in [3.63, 3.8) is 0 Å². The molecule has 36 heavy (non-hydrogen) atoms. The smallest absolute Gasteiger partial charge is 0.329 e. The topological polar surface area (TPSA) is 55.8 Å². The maximum absolute atomic E-state index is 15.2. The van der Waals surface area contributed by atoms with E-state index < -0.39 is 29.8 Å². The Bertz CT molecular complexity index is 1250. The van der Waals surface area contributed by atoms with Gasteiger partial charge in [-0.1, -0.05) is 53.5 Å². The highest BCUT2D eigenvalue weighted by Crippen LogP contribution is 2.35. The molecule has 0 bridgehead atoms. The summed E-state index contributed by atoms with van der Waals surface area (Å²) in [5.74, 6) is -1.61. The predicted octanol–water partition coefficient (Wildman–Crippen LogP) is 6.86. The van der Waals surface area contributed by atoms with Crippen LogP contribution in [0.15, 0.2) is 66.7 Å². The lowest BCUT2D eigenvalue weighted by atomic mass is 10.0. The number of ether oxygens (including phenoxy) is 2. The van der Waals surface area contributed by atoms with Gasteiger partial charge in [-0.3, -0.25) is 4.79 Å². The molecule has 0 spiro atoms. The second kappa shape index (κ2) is 11.3. The number of nitrogens with zero attached hydrogens (tertiary/aromatic N) is 1. The van der Waals surface area contributed by atoms with E-state index in [1.54, 1.807) is 56.3 Å². The lowest BCUT2D eigenvalue weighted by molar-refractivity contribution is -0.151. The van der Waals surface area contributed by atoms with Crippen molar-refractivity contribution in [2.75, 3.05) is 6.54 Å². The predicted molar refractivity (Wildman–Crippen MR) is 137 cm³/mol. The lowest BCUT2D eigenvalue weighted by Gasteiger charge is -2.25. The normalized spacial score (nSPS) is 16.2. The zero-order valence-corrected chi connectivity index (χ0v) is 21.4. The Balaban J connectivity index is 1.59. The molecule has 1 fully saturated rings. The molecule has 0 N–H and O–H groups in total. The number of benzene rings is 3. The number of rotatable bonds is 7. The first-order valence-corrected chi connectivity index (χ1v) is 12.5. The third-order valence-electron chi connectivity index (χ3n) is 5.92. The van der Waals surface area contributed by atoms with E-state index in [9.17, 15) is 9.59 Å². The minimum absolute atomic E-state index is 0.0383. The molecule has 2 unspecified atom stereocenters. The summed E-state index contributed by atoms with van der Waals surface area (Å²) < 4.78 is 26.6. The summed E-state index contributed by atoms with van der Waals surface area (Å²) in [6, 6.07) is 17.6. The summed E-state index contributed by atoms with van der Waals surface area (Å²) in [4.78, 5) is 27.0. The number of esters is 1. The minimum atomic E-state index is -0.708. The van der Waals surface area contributed by atoms with Crippen molar-refractivity contribution in [2.45, 2.75) is 44.9 Å². The Labute approximate surface area is 219 Å². The molecule has 1 saturated heterocycles. The van der Waals surface area contributed by atoms with E-state index in [0.717, 1.165) is 11.6 Å². The molecular formula is C28H26Cl2FNO4. The van der Waals surface area contributed by atoms with Gasteiger partial charge >= 0.3 is 5.97 Å². The molecule has 8 heteroatoms. The first kappa shape index (κ1) is 26.0. The van der Waals surface area contributed by atoms with Crippen molar-refractivity contribution in [2.24, 2.45) is 0 Å².